The Bertz CT molecular complexity index is 846. The fourth-order valence-corrected chi connectivity index (χ4v) is 4.17. The Labute approximate surface area is 203 Å². The molecule has 1 aliphatic rings. The summed E-state index contributed by atoms with van der Waals surface area (Å²) in [4.78, 5) is 14.6. The molecule has 0 bridgehead atoms. The minimum absolute atomic E-state index is 0.0665. The summed E-state index contributed by atoms with van der Waals surface area (Å²) in [5, 5.41) is 10.4. The van der Waals surface area contributed by atoms with E-state index in [2.05, 4.69) is 6.92 Å². The van der Waals surface area contributed by atoms with Gasteiger partial charge in [-0.1, -0.05) is 74.5 Å². The predicted octanol–water partition coefficient (Wildman–Crippen LogP) is 5.39. The van der Waals surface area contributed by atoms with Gasteiger partial charge in [-0.25, -0.2) is 4.79 Å². The molecule has 1 heterocycles. The van der Waals surface area contributed by atoms with Crippen LogP contribution in [0.3, 0.4) is 0 Å². The van der Waals surface area contributed by atoms with Crippen molar-refractivity contribution >= 4 is 6.09 Å². The van der Waals surface area contributed by atoms with Crippen LogP contribution in [-0.2, 0) is 27.4 Å². The monoisotopic (exact) mass is 469 g/mol. The molecule has 0 radical (unpaired) electrons. The molecule has 0 aromatic heterocycles. The number of carbonyl (C=O) groups is 1. The van der Waals surface area contributed by atoms with Crippen LogP contribution in [0, 0.1) is 11.8 Å². The molecule has 6 nitrogen and oxygen atoms in total. The van der Waals surface area contributed by atoms with Gasteiger partial charge in [-0.3, -0.25) is 0 Å². The van der Waals surface area contributed by atoms with Gasteiger partial charge >= 0.3 is 6.09 Å². The zero-order valence-corrected chi connectivity index (χ0v) is 20.6. The highest BCUT2D eigenvalue weighted by Crippen LogP contribution is 2.31. The standard InChI is InChI=1S/C28H39NO5/c1-21-22(2)26(30)27(34-23(21)3)32-18-12-6-11-17-29(19-24-13-7-4-8-14-24)28(31)33-20-25-15-9-5-10-16-25/h4-5,7-10,13-16,21-23,26-27,30H,6,11-12,17-20H2,1-3H3/t21-,22?,23+,26?,27-/m1/s1. The topological polar surface area (TPSA) is 68.2 Å². The third kappa shape index (κ3) is 7.83. The van der Waals surface area contributed by atoms with E-state index in [4.69, 9.17) is 14.2 Å². The molecular formula is C28H39NO5. The number of hydrogen-bond donors (Lipinski definition) is 1. The van der Waals surface area contributed by atoms with Crippen molar-refractivity contribution < 1.29 is 24.1 Å². The van der Waals surface area contributed by atoms with Gasteiger partial charge in [0.05, 0.1) is 6.10 Å². The highest BCUT2D eigenvalue weighted by atomic mass is 16.7. The molecule has 1 aliphatic heterocycles. The fourth-order valence-electron chi connectivity index (χ4n) is 4.17. The number of hydrogen-bond acceptors (Lipinski definition) is 5. The number of rotatable bonds is 11. The van der Waals surface area contributed by atoms with Gasteiger partial charge in [0.2, 0.25) is 0 Å². The zero-order valence-electron chi connectivity index (χ0n) is 20.6. The summed E-state index contributed by atoms with van der Waals surface area (Å²) in [6.07, 6.45) is 1.17. The average molecular weight is 470 g/mol. The second kappa shape index (κ2) is 13.5. The molecule has 3 rings (SSSR count). The Morgan fingerprint density at radius 3 is 2.24 bits per heavy atom. The second-order valence-electron chi connectivity index (χ2n) is 9.30. The van der Waals surface area contributed by atoms with Gasteiger partial charge in [-0.15, -0.1) is 0 Å². The summed E-state index contributed by atoms with van der Waals surface area (Å²) in [7, 11) is 0. The molecule has 5 atom stereocenters. The Hall–Kier alpha value is -2.41. The van der Waals surface area contributed by atoms with Crippen LogP contribution >= 0.6 is 0 Å². The van der Waals surface area contributed by atoms with Crippen molar-refractivity contribution in [2.24, 2.45) is 11.8 Å². The smallest absolute Gasteiger partial charge is 0.410 e. The number of carbonyl (C=O) groups excluding carboxylic acids is 1. The predicted molar refractivity (Wildman–Crippen MR) is 132 cm³/mol. The number of amides is 1. The highest BCUT2D eigenvalue weighted by molar-refractivity contribution is 5.67. The molecule has 1 N–H and O–H groups in total. The fraction of sp³-hybridized carbons (Fsp3) is 0.536. The van der Waals surface area contributed by atoms with Gasteiger partial charge in [-0.05, 0) is 49.1 Å². The maximum absolute atomic E-state index is 12.8. The van der Waals surface area contributed by atoms with Crippen LogP contribution in [0.25, 0.3) is 0 Å². The molecule has 2 aromatic rings. The van der Waals surface area contributed by atoms with E-state index in [-0.39, 0.29) is 24.7 Å². The van der Waals surface area contributed by atoms with Gasteiger partial charge < -0.3 is 24.2 Å². The summed E-state index contributed by atoms with van der Waals surface area (Å²) in [6, 6.07) is 19.7. The Balaban J connectivity index is 1.42. The minimum Gasteiger partial charge on any atom is -0.445 e. The average Bonchev–Trinajstić information content (AvgIpc) is 2.86. The third-order valence-corrected chi connectivity index (χ3v) is 6.77. The lowest BCUT2D eigenvalue weighted by molar-refractivity contribution is -0.266. The Kier molecular flexibility index (Phi) is 10.4. The molecular weight excluding hydrogens is 430 g/mol. The first-order valence-electron chi connectivity index (χ1n) is 12.4. The third-order valence-electron chi connectivity index (χ3n) is 6.77. The van der Waals surface area contributed by atoms with Crippen molar-refractivity contribution in [3.63, 3.8) is 0 Å². The van der Waals surface area contributed by atoms with Crippen molar-refractivity contribution in [3.8, 4) is 0 Å². The summed E-state index contributed by atoms with van der Waals surface area (Å²) in [5.74, 6) is 0.439. The number of unbranched alkanes of at least 4 members (excludes halogenated alkanes) is 2. The Morgan fingerprint density at radius 1 is 0.912 bits per heavy atom. The normalized spacial score (nSPS) is 24.5. The van der Waals surface area contributed by atoms with Crippen LogP contribution < -0.4 is 0 Å². The molecule has 1 saturated heterocycles. The number of ether oxygens (including phenoxy) is 3. The van der Waals surface area contributed by atoms with Crippen molar-refractivity contribution in [1.82, 2.24) is 4.90 Å². The largest absolute Gasteiger partial charge is 0.445 e. The van der Waals surface area contributed by atoms with E-state index in [9.17, 15) is 9.90 Å². The van der Waals surface area contributed by atoms with Crippen molar-refractivity contribution in [3.05, 3.63) is 71.8 Å². The van der Waals surface area contributed by atoms with Gasteiger partial charge in [0.1, 0.15) is 12.7 Å². The molecule has 2 aromatic carbocycles. The lowest BCUT2D eigenvalue weighted by Gasteiger charge is -2.41. The molecule has 6 heteroatoms. The first-order chi connectivity index (χ1) is 16.5. The van der Waals surface area contributed by atoms with Crippen LogP contribution in [0.2, 0.25) is 0 Å². The zero-order chi connectivity index (χ0) is 24.3. The van der Waals surface area contributed by atoms with Crippen molar-refractivity contribution in [2.75, 3.05) is 13.2 Å². The van der Waals surface area contributed by atoms with Gasteiger partial charge in [-0.2, -0.15) is 0 Å². The van der Waals surface area contributed by atoms with Gasteiger partial charge in [0.25, 0.3) is 0 Å². The molecule has 2 unspecified atom stereocenters. The lowest BCUT2D eigenvalue weighted by atomic mass is 9.84. The van der Waals surface area contributed by atoms with Crippen molar-refractivity contribution in [1.29, 1.82) is 0 Å². The summed E-state index contributed by atoms with van der Waals surface area (Å²) < 4.78 is 17.3. The molecule has 186 valence electrons. The molecule has 0 saturated carbocycles. The SMILES string of the molecule is CC1C(O)[C@H](OCCCCCN(Cc2ccccc2)C(=O)OCc2ccccc2)O[C@@H](C)[C@@H]1C. The van der Waals surface area contributed by atoms with Gasteiger partial charge in [0, 0.05) is 19.7 Å². The number of nitrogens with zero attached hydrogens (tertiary/aromatic N) is 1. The van der Waals surface area contributed by atoms with E-state index < -0.39 is 12.4 Å². The summed E-state index contributed by atoms with van der Waals surface area (Å²) >= 11 is 0. The maximum Gasteiger partial charge on any atom is 0.410 e. The maximum atomic E-state index is 12.8. The highest BCUT2D eigenvalue weighted by Gasteiger charge is 2.39. The second-order valence-corrected chi connectivity index (χ2v) is 9.30. The quantitative estimate of drug-likeness (QED) is 0.447. The summed E-state index contributed by atoms with van der Waals surface area (Å²) in [5.41, 5.74) is 2.04. The summed E-state index contributed by atoms with van der Waals surface area (Å²) in [6.45, 7) is 8.08. The molecule has 0 aliphatic carbocycles. The molecule has 0 spiro atoms. The van der Waals surface area contributed by atoms with E-state index >= 15 is 0 Å². The van der Waals surface area contributed by atoms with Crippen LogP contribution in [0.15, 0.2) is 60.7 Å². The first-order valence-corrected chi connectivity index (χ1v) is 12.4. The first kappa shape index (κ1) is 26.2. The molecule has 1 amide bonds. The van der Waals surface area contributed by atoms with E-state index in [0.29, 0.717) is 25.6 Å². The van der Waals surface area contributed by atoms with Crippen molar-refractivity contribution in [2.45, 2.75) is 71.7 Å². The minimum atomic E-state index is -0.605. The number of benzene rings is 2. The molecule has 1 fully saturated rings. The van der Waals surface area contributed by atoms with E-state index in [1.54, 1.807) is 4.90 Å². The van der Waals surface area contributed by atoms with E-state index in [1.165, 1.54) is 0 Å². The van der Waals surface area contributed by atoms with E-state index in [1.807, 2.05) is 74.5 Å². The lowest BCUT2D eigenvalue weighted by Crippen LogP contribution is -2.49. The van der Waals surface area contributed by atoms with Gasteiger partial charge in [0.15, 0.2) is 6.29 Å². The number of aliphatic hydroxyl groups is 1. The Morgan fingerprint density at radius 2 is 1.56 bits per heavy atom. The van der Waals surface area contributed by atoms with Crippen LogP contribution in [0.1, 0.15) is 51.2 Å². The van der Waals surface area contributed by atoms with Crippen LogP contribution in [0.4, 0.5) is 4.79 Å². The van der Waals surface area contributed by atoms with Crippen LogP contribution in [-0.4, -0.2) is 47.7 Å². The number of aliphatic hydroxyl groups excluding tert-OH is 1. The van der Waals surface area contributed by atoms with Crippen LogP contribution in [0.5, 0.6) is 0 Å². The van der Waals surface area contributed by atoms with E-state index in [0.717, 1.165) is 30.4 Å². The molecule has 34 heavy (non-hydrogen) atoms.